The van der Waals surface area contributed by atoms with Gasteiger partial charge in [0.2, 0.25) is 15.9 Å². The predicted octanol–water partition coefficient (Wildman–Crippen LogP) is 1.59. The molecule has 2 saturated carbocycles. The Morgan fingerprint density at radius 1 is 1.05 bits per heavy atom. The Morgan fingerprint density at radius 3 is 2.45 bits per heavy atom. The second-order valence-electron chi connectivity index (χ2n) is 7.62. The summed E-state index contributed by atoms with van der Waals surface area (Å²) in [5, 5.41) is 0. The van der Waals surface area contributed by atoms with E-state index in [0.717, 1.165) is 38.5 Å². The molecule has 2 aliphatic heterocycles. The molecule has 0 bridgehead atoms. The smallest absolute Gasteiger partial charge is 0.223 e. The van der Waals surface area contributed by atoms with Gasteiger partial charge in [-0.3, -0.25) is 4.79 Å². The highest BCUT2D eigenvalue weighted by Crippen LogP contribution is 2.39. The van der Waals surface area contributed by atoms with Crippen molar-refractivity contribution < 1.29 is 13.2 Å². The number of sulfonamides is 1. The normalized spacial score (nSPS) is 34.4. The maximum Gasteiger partial charge on any atom is 0.223 e. The van der Waals surface area contributed by atoms with E-state index in [4.69, 9.17) is 0 Å². The molecule has 0 aromatic heterocycles. The number of nitrogens with zero attached hydrogens (tertiary/aromatic N) is 2. The van der Waals surface area contributed by atoms with Crippen molar-refractivity contribution >= 4 is 15.9 Å². The number of likely N-dealkylation sites (tertiary alicyclic amines) is 1. The molecule has 2 heterocycles. The zero-order chi connectivity index (χ0) is 15.3. The van der Waals surface area contributed by atoms with Gasteiger partial charge in [0.25, 0.3) is 0 Å². The molecule has 124 valence electrons. The molecule has 0 spiro atoms. The number of piperidine rings is 2. The topological polar surface area (TPSA) is 57.7 Å². The minimum Gasteiger partial charge on any atom is -0.336 e. The first-order valence-corrected chi connectivity index (χ1v) is 10.4. The molecule has 22 heavy (non-hydrogen) atoms. The molecular weight excluding hydrogens is 300 g/mol. The molecule has 6 heteroatoms. The summed E-state index contributed by atoms with van der Waals surface area (Å²) in [6.45, 7) is 1.24. The molecule has 0 unspecified atom stereocenters. The zero-order valence-electron chi connectivity index (χ0n) is 13.1. The van der Waals surface area contributed by atoms with Crippen molar-refractivity contribution in [2.75, 3.05) is 18.8 Å². The lowest BCUT2D eigenvalue weighted by Gasteiger charge is -2.47. The number of hydrogen-bond acceptors (Lipinski definition) is 3. The molecule has 0 aromatic carbocycles. The predicted molar refractivity (Wildman–Crippen MR) is 83.7 cm³/mol. The average molecular weight is 326 g/mol. The fourth-order valence-corrected chi connectivity index (χ4v) is 6.34. The summed E-state index contributed by atoms with van der Waals surface area (Å²) in [4.78, 5) is 14.3. The average Bonchev–Trinajstić information content (AvgIpc) is 3.27. The Morgan fingerprint density at radius 2 is 1.82 bits per heavy atom. The van der Waals surface area contributed by atoms with Crippen molar-refractivity contribution in [1.29, 1.82) is 0 Å². The van der Waals surface area contributed by atoms with Crippen molar-refractivity contribution in [2.24, 2.45) is 11.8 Å². The number of amides is 1. The Bertz CT molecular complexity index is 554. The summed E-state index contributed by atoms with van der Waals surface area (Å²) in [5.74, 6) is 1.38. The van der Waals surface area contributed by atoms with Gasteiger partial charge < -0.3 is 4.90 Å². The Hall–Kier alpha value is -0.620. The largest absolute Gasteiger partial charge is 0.336 e. The summed E-state index contributed by atoms with van der Waals surface area (Å²) < 4.78 is 26.9. The minimum atomic E-state index is -3.10. The van der Waals surface area contributed by atoms with Gasteiger partial charge in [0.15, 0.2) is 0 Å². The summed E-state index contributed by atoms with van der Waals surface area (Å²) in [5.41, 5.74) is 0. The molecule has 0 aromatic rings. The molecule has 0 radical (unpaired) electrons. The van der Waals surface area contributed by atoms with Gasteiger partial charge in [-0.1, -0.05) is 6.42 Å². The summed E-state index contributed by atoms with van der Waals surface area (Å²) >= 11 is 0. The van der Waals surface area contributed by atoms with Crippen LogP contribution in [0.25, 0.3) is 0 Å². The Labute approximate surface area is 133 Å². The van der Waals surface area contributed by atoms with Gasteiger partial charge in [-0.2, -0.15) is 0 Å². The molecule has 2 saturated heterocycles. The van der Waals surface area contributed by atoms with E-state index < -0.39 is 10.0 Å². The maximum atomic E-state index is 12.6. The highest BCUT2D eigenvalue weighted by molar-refractivity contribution is 7.89. The maximum absolute atomic E-state index is 12.6. The van der Waals surface area contributed by atoms with Gasteiger partial charge in [0.05, 0.1) is 5.75 Å². The standard InChI is InChI=1S/C16H26N2O3S/c19-16-7-4-13-10-17(22(20,21)11-12-2-1-3-12)9-8-15(13)18(16)14-5-6-14/h12-15H,1-11H2/t13-,15+/m0/s1. The van der Waals surface area contributed by atoms with Crippen molar-refractivity contribution in [2.45, 2.75) is 63.5 Å². The third kappa shape index (κ3) is 2.68. The summed E-state index contributed by atoms with van der Waals surface area (Å²) in [6.07, 6.45) is 7.90. The van der Waals surface area contributed by atoms with E-state index >= 15 is 0 Å². The molecule has 2 atom stereocenters. The lowest BCUT2D eigenvalue weighted by Crippen LogP contribution is -2.57. The molecular formula is C16H26N2O3S. The number of carbonyl (C=O) groups is 1. The first-order chi connectivity index (χ1) is 10.5. The molecule has 2 aliphatic carbocycles. The van der Waals surface area contributed by atoms with Crippen LogP contribution in [-0.4, -0.2) is 54.5 Å². The van der Waals surface area contributed by atoms with Crippen molar-refractivity contribution in [3.8, 4) is 0 Å². The fraction of sp³-hybridized carbons (Fsp3) is 0.938. The van der Waals surface area contributed by atoms with E-state index in [1.54, 1.807) is 4.31 Å². The van der Waals surface area contributed by atoms with Crippen molar-refractivity contribution in [1.82, 2.24) is 9.21 Å². The Kier molecular flexibility index (Phi) is 3.72. The van der Waals surface area contributed by atoms with E-state index in [9.17, 15) is 13.2 Å². The van der Waals surface area contributed by atoms with Crippen LogP contribution in [0.2, 0.25) is 0 Å². The van der Waals surface area contributed by atoms with Gasteiger partial charge in [0, 0.05) is 31.6 Å². The van der Waals surface area contributed by atoms with E-state index in [1.807, 2.05) is 0 Å². The van der Waals surface area contributed by atoms with Gasteiger partial charge in [-0.05, 0) is 50.4 Å². The quantitative estimate of drug-likeness (QED) is 0.788. The first-order valence-electron chi connectivity index (χ1n) is 8.83. The van der Waals surface area contributed by atoms with Crippen LogP contribution >= 0.6 is 0 Å². The molecule has 0 N–H and O–H groups in total. The van der Waals surface area contributed by atoms with Crippen LogP contribution < -0.4 is 0 Å². The van der Waals surface area contributed by atoms with Crippen LogP contribution in [0.1, 0.15) is 51.4 Å². The number of rotatable bonds is 4. The van der Waals surface area contributed by atoms with E-state index in [2.05, 4.69) is 4.90 Å². The molecule has 4 rings (SSSR count). The zero-order valence-corrected chi connectivity index (χ0v) is 13.9. The monoisotopic (exact) mass is 326 g/mol. The third-order valence-corrected chi connectivity index (χ3v) is 8.05. The number of fused-ring (bicyclic) bond motifs is 1. The van der Waals surface area contributed by atoms with Crippen LogP contribution in [0.3, 0.4) is 0 Å². The number of carbonyl (C=O) groups excluding carboxylic acids is 1. The molecule has 5 nitrogen and oxygen atoms in total. The molecule has 4 fully saturated rings. The van der Waals surface area contributed by atoms with Crippen LogP contribution in [-0.2, 0) is 14.8 Å². The second kappa shape index (κ2) is 5.48. The van der Waals surface area contributed by atoms with Gasteiger partial charge in [-0.15, -0.1) is 0 Å². The fourth-order valence-electron chi connectivity index (χ4n) is 4.40. The number of hydrogen-bond donors (Lipinski definition) is 0. The van der Waals surface area contributed by atoms with Crippen molar-refractivity contribution in [3.05, 3.63) is 0 Å². The van der Waals surface area contributed by atoms with Crippen LogP contribution in [0.5, 0.6) is 0 Å². The SMILES string of the molecule is O=C1CC[C@H]2CN(S(=O)(=O)CC3CCC3)CC[C@H]2N1C1CC1. The van der Waals surface area contributed by atoms with Gasteiger partial charge >= 0.3 is 0 Å². The summed E-state index contributed by atoms with van der Waals surface area (Å²) in [6, 6.07) is 0.752. The minimum absolute atomic E-state index is 0.295. The molecule has 1 amide bonds. The highest BCUT2D eigenvalue weighted by Gasteiger charge is 2.46. The van der Waals surface area contributed by atoms with E-state index in [1.165, 1.54) is 6.42 Å². The molecule has 4 aliphatic rings. The van der Waals surface area contributed by atoms with Gasteiger partial charge in [-0.25, -0.2) is 12.7 Å². The lowest BCUT2D eigenvalue weighted by atomic mass is 9.84. The van der Waals surface area contributed by atoms with Gasteiger partial charge in [0.1, 0.15) is 0 Å². The van der Waals surface area contributed by atoms with Crippen LogP contribution in [0, 0.1) is 11.8 Å². The Balaban J connectivity index is 1.44. The van der Waals surface area contributed by atoms with E-state index in [0.29, 0.717) is 55.1 Å². The van der Waals surface area contributed by atoms with E-state index in [-0.39, 0.29) is 0 Å². The first kappa shape index (κ1) is 14.9. The third-order valence-electron chi connectivity index (χ3n) is 6.04. The van der Waals surface area contributed by atoms with Crippen LogP contribution in [0.15, 0.2) is 0 Å². The van der Waals surface area contributed by atoms with Crippen molar-refractivity contribution in [3.63, 3.8) is 0 Å². The highest BCUT2D eigenvalue weighted by atomic mass is 32.2. The van der Waals surface area contributed by atoms with Crippen LogP contribution in [0.4, 0.5) is 0 Å². The lowest BCUT2D eigenvalue weighted by molar-refractivity contribution is -0.141. The second-order valence-corrected chi connectivity index (χ2v) is 9.63. The summed E-state index contributed by atoms with van der Waals surface area (Å²) in [7, 11) is -3.10.